The van der Waals surface area contributed by atoms with E-state index in [0.29, 0.717) is 13.0 Å². The Kier molecular flexibility index (Phi) is 4.74. The second kappa shape index (κ2) is 7.25. The van der Waals surface area contributed by atoms with Crippen molar-refractivity contribution in [3.05, 3.63) is 40.9 Å². The van der Waals surface area contributed by atoms with E-state index in [9.17, 15) is 4.79 Å². The third kappa shape index (κ3) is 3.28. The summed E-state index contributed by atoms with van der Waals surface area (Å²) < 4.78 is 0. The smallest absolute Gasteiger partial charge is 0.229 e. The topological polar surface area (TPSA) is 46.1 Å². The third-order valence-corrected chi connectivity index (χ3v) is 8.28. The van der Waals surface area contributed by atoms with Gasteiger partial charge in [0.2, 0.25) is 11.0 Å². The first-order valence-electron chi connectivity index (χ1n) is 10.8. The van der Waals surface area contributed by atoms with E-state index in [-0.39, 0.29) is 11.3 Å². The molecule has 5 heteroatoms. The molecule has 0 spiro atoms. The molecule has 4 fully saturated rings. The Morgan fingerprint density at radius 1 is 1.07 bits per heavy atom. The van der Waals surface area contributed by atoms with E-state index >= 15 is 0 Å². The summed E-state index contributed by atoms with van der Waals surface area (Å²) in [5, 5.41) is 11.2. The fraction of sp³-hybridized carbons (Fsp3) is 0.609. The highest BCUT2D eigenvalue weighted by Gasteiger charge is 2.53. The molecule has 148 valence electrons. The molecule has 1 heterocycles. The van der Waals surface area contributed by atoms with Crippen molar-refractivity contribution in [2.24, 2.45) is 17.8 Å². The van der Waals surface area contributed by atoms with E-state index in [1.165, 1.54) is 43.5 Å². The number of anilines is 1. The summed E-state index contributed by atoms with van der Waals surface area (Å²) in [6.07, 6.45) is 9.56. The molecule has 4 aliphatic carbocycles. The third-order valence-electron chi connectivity index (χ3n) is 7.09. The Labute approximate surface area is 171 Å². The van der Waals surface area contributed by atoms with Gasteiger partial charge >= 0.3 is 0 Å². The van der Waals surface area contributed by atoms with Gasteiger partial charge in [0.05, 0.1) is 6.54 Å². The zero-order valence-electron chi connectivity index (χ0n) is 16.6. The molecule has 1 aromatic carbocycles. The molecule has 2 aromatic rings. The molecule has 1 aromatic heterocycles. The molecular formula is C23H29N3OS. The van der Waals surface area contributed by atoms with Gasteiger partial charge in [0.1, 0.15) is 5.01 Å². The molecule has 4 bridgehead atoms. The van der Waals surface area contributed by atoms with Crippen molar-refractivity contribution in [3.8, 4) is 0 Å². The summed E-state index contributed by atoms with van der Waals surface area (Å²) in [4.78, 5) is 14.7. The van der Waals surface area contributed by atoms with Gasteiger partial charge in [-0.1, -0.05) is 48.6 Å². The molecule has 4 nitrogen and oxygen atoms in total. The van der Waals surface area contributed by atoms with Crippen LogP contribution in [0, 0.1) is 17.8 Å². The monoisotopic (exact) mass is 395 g/mol. The number of amides is 1. The standard InChI is InChI=1S/C23H29N3OS/c1-2-6-20(27)26(15-16-7-4-3-5-8-16)22-25-24-21(28-22)23-12-17-9-18(13-23)11-19(10-17)14-23/h3-5,7-8,17-19H,2,6,9-15H2,1H3. The van der Waals surface area contributed by atoms with Crippen LogP contribution in [0.2, 0.25) is 0 Å². The molecule has 6 rings (SSSR count). The summed E-state index contributed by atoms with van der Waals surface area (Å²) in [5.41, 5.74) is 1.38. The van der Waals surface area contributed by atoms with Gasteiger partial charge in [0.25, 0.3) is 0 Å². The maximum atomic E-state index is 12.9. The first kappa shape index (κ1) is 18.3. The number of hydrogen-bond donors (Lipinski definition) is 0. The Bertz CT molecular complexity index is 811. The van der Waals surface area contributed by atoms with Crippen molar-refractivity contribution in [2.45, 2.75) is 70.3 Å². The molecule has 0 unspecified atom stereocenters. The van der Waals surface area contributed by atoms with Gasteiger partial charge in [0.15, 0.2) is 0 Å². The Hall–Kier alpha value is -1.75. The van der Waals surface area contributed by atoms with E-state index in [2.05, 4.69) is 29.3 Å². The van der Waals surface area contributed by atoms with Crippen molar-refractivity contribution < 1.29 is 4.79 Å². The van der Waals surface area contributed by atoms with E-state index in [1.807, 2.05) is 23.1 Å². The van der Waals surface area contributed by atoms with Crippen LogP contribution >= 0.6 is 11.3 Å². The fourth-order valence-electron chi connectivity index (χ4n) is 6.29. The summed E-state index contributed by atoms with van der Waals surface area (Å²) >= 11 is 1.69. The molecule has 0 saturated heterocycles. The summed E-state index contributed by atoms with van der Waals surface area (Å²) in [6, 6.07) is 10.2. The fourth-order valence-corrected chi connectivity index (χ4v) is 7.37. The van der Waals surface area contributed by atoms with Crippen LogP contribution in [-0.2, 0) is 16.8 Å². The minimum absolute atomic E-state index is 0.152. The second-order valence-corrected chi connectivity index (χ2v) is 10.3. The summed E-state index contributed by atoms with van der Waals surface area (Å²) in [7, 11) is 0. The SMILES string of the molecule is CCCC(=O)N(Cc1ccccc1)c1nnc(C23CC4CC(CC(C4)C2)C3)s1. The highest BCUT2D eigenvalue weighted by atomic mass is 32.1. The van der Waals surface area contributed by atoms with Gasteiger partial charge in [-0.15, -0.1) is 10.2 Å². The van der Waals surface area contributed by atoms with Crippen LogP contribution in [0.25, 0.3) is 0 Å². The molecule has 0 atom stereocenters. The van der Waals surface area contributed by atoms with E-state index < -0.39 is 0 Å². The predicted octanol–water partition coefficient (Wildman–Crippen LogP) is 5.34. The van der Waals surface area contributed by atoms with Crippen LogP contribution in [-0.4, -0.2) is 16.1 Å². The highest BCUT2D eigenvalue weighted by Crippen LogP contribution is 2.61. The number of benzene rings is 1. The highest BCUT2D eigenvalue weighted by molar-refractivity contribution is 7.15. The average Bonchev–Trinajstić information content (AvgIpc) is 3.17. The van der Waals surface area contributed by atoms with Crippen LogP contribution in [0.1, 0.15) is 68.9 Å². The number of carbonyl (C=O) groups excluding carboxylic acids is 1. The van der Waals surface area contributed by atoms with Crippen molar-refractivity contribution in [1.29, 1.82) is 0 Å². The quantitative estimate of drug-likeness (QED) is 0.663. The first-order chi connectivity index (χ1) is 13.6. The van der Waals surface area contributed by atoms with Gasteiger partial charge in [-0.05, 0) is 68.3 Å². The van der Waals surface area contributed by atoms with Gasteiger partial charge in [-0.25, -0.2) is 0 Å². The first-order valence-corrected chi connectivity index (χ1v) is 11.6. The van der Waals surface area contributed by atoms with E-state index in [4.69, 9.17) is 0 Å². The Morgan fingerprint density at radius 3 is 2.32 bits per heavy atom. The molecule has 0 N–H and O–H groups in total. The maximum absolute atomic E-state index is 12.9. The Balaban J connectivity index is 1.43. The number of aromatic nitrogens is 2. The molecule has 0 aliphatic heterocycles. The van der Waals surface area contributed by atoms with Crippen molar-refractivity contribution in [3.63, 3.8) is 0 Å². The minimum atomic E-state index is 0.152. The summed E-state index contributed by atoms with van der Waals surface area (Å²) in [6.45, 7) is 2.63. The summed E-state index contributed by atoms with van der Waals surface area (Å²) in [5.74, 6) is 2.82. The van der Waals surface area contributed by atoms with Crippen molar-refractivity contribution >= 4 is 22.4 Å². The van der Waals surface area contributed by atoms with Gasteiger partial charge in [-0.3, -0.25) is 9.69 Å². The van der Waals surface area contributed by atoms with Crippen LogP contribution in [0.4, 0.5) is 5.13 Å². The lowest BCUT2D eigenvalue weighted by molar-refractivity contribution is -0.118. The minimum Gasteiger partial charge on any atom is -0.282 e. The number of nitrogens with zero attached hydrogens (tertiary/aromatic N) is 3. The molecule has 4 saturated carbocycles. The lowest BCUT2D eigenvalue weighted by Crippen LogP contribution is -2.48. The second-order valence-electron chi connectivity index (χ2n) is 9.30. The number of hydrogen-bond acceptors (Lipinski definition) is 4. The lowest BCUT2D eigenvalue weighted by Gasteiger charge is -2.55. The van der Waals surface area contributed by atoms with E-state index in [1.54, 1.807) is 11.3 Å². The van der Waals surface area contributed by atoms with Gasteiger partial charge in [-0.2, -0.15) is 0 Å². The van der Waals surface area contributed by atoms with Gasteiger partial charge in [0, 0.05) is 11.8 Å². The zero-order valence-corrected chi connectivity index (χ0v) is 17.5. The number of carbonyl (C=O) groups is 1. The van der Waals surface area contributed by atoms with Crippen LogP contribution < -0.4 is 4.90 Å². The largest absolute Gasteiger partial charge is 0.282 e. The normalized spacial score (nSPS) is 30.5. The van der Waals surface area contributed by atoms with Gasteiger partial charge < -0.3 is 0 Å². The van der Waals surface area contributed by atoms with Crippen LogP contribution in [0.15, 0.2) is 30.3 Å². The number of rotatable bonds is 6. The average molecular weight is 396 g/mol. The zero-order chi connectivity index (χ0) is 19.1. The molecule has 1 amide bonds. The van der Waals surface area contributed by atoms with Crippen LogP contribution in [0.5, 0.6) is 0 Å². The predicted molar refractivity (Wildman–Crippen MR) is 112 cm³/mol. The van der Waals surface area contributed by atoms with Crippen molar-refractivity contribution in [1.82, 2.24) is 10.2 Å². The maximum Gasteiger partial charge on any atom is 0.229 e. The van der Waals surface area contributed by atoms with E-state index in [0.717, 1.165) is 34.9 Å². The molecule has 28 heavy (non-hydrogen) atoms. The van der Waals surface area contributed by atoms with Crippen molar-refractivity contribution in [2.75, 3.05) is 4.90 Å². The molecular weight excluding hydrogens is 366 g/mol. The molecule has 0 radical (unpaired) electrons. The lowest BCUT2D eigenvalue weighted by atomic mass is 9.50. The Morgan fingerprint density at radius 2 is 1.71 bits per heavy atom. The van der Waals surface area contributed by atoms with Crippen LogP contribution in [0.3, 0.4) is 0 Å². The molecule has 4 aliphatic rings.